The number of aromatic amines is 1. The lowest BCUT2D eigenvalue weighted by molar-refractivity contribution is 0.0691. The maximum absolute atomic E-state index is 11.0. The second-order valence-electron chi connectivity index (χ2n) is 6.01. The number of fused-ring (bicyclic) bond motifs is 3. The normalized spacial score (nSPS) is 26.1. The van der Waals surface area contributed by atoms with Crippen molar-refractivity contribution in [3.8, 4) is 0 Å². The van der Waals surface area contributed by atoms with Gasteiger partial charge in [0, 0.05) is 11.6 Å². The summed E-state index contributed by atoms with van der Waals surface area (Å²) in [5.74, 6) is 1.23. The van der Waals surface area contributed by atoms with E-state index in [1.54, 1.807) is 0 Å². The van der Waals surface area contributed by atoms with Gasteiger partial charge in [0.05, 0.1) is 0 Å². The largest absolute Gasteiger partial charge is 0.477 e. The van der Waals surface area contributed by atoms with Crippen LogP contribution in [0.2, 0.25) is 0 Å². The Bertz CT molecular complexity index is 659. The number of carbonyl (C=O) groups is 1. The van der Waals surface area contributed by atoms with E-state index >= 15 is 0 Å². The molecule has 2 aliphatic rings. The zero-order valence-electron chi connectivity index (χ0n) is 11.2. The summed E-state index contributed by atoms with van der Waals surface area (Å²) in [5.41, 5.74) is 4.18. The van der Waals surface area contributed by atoms with Gasteiger partial charge in [0.1, 0.15) is 5.69 Å². The SMILES string of the molecule is O=C(O)c1cc2c([nH]1)[C@@H]1[C@H](CCc3ccccc3)[C@@H]1C2. The molecule has 3 atom stereocenters. The van der Waals surface area contributed by atoms with Crippen molar-refractivity contribution in [1.29, 1.82) is 0 Å². The van der Waals surface area contributed by atoms with Gasteiger partial charge in [-0.15, -0.1) is 0 Å². The van der Waals surface area contributed by atoms with Crippen LogP contribution in [0, 0.1) is 11.8 Å². The molecule has 0 aliphatic heterocycles. The van der Waals surface area contributed by atoms with Gasteiger partial charge in [-0.05, 0) is 48.3 Å². The topological polar surface area (TPSA) is 53.1 Å². The first kappa shape index (κ1) is 11.8. The van der Waals surface area contributed by atoms with Crippen molar-refractivity contribution in [2.75, 3.05) is 0 Å². The minimum atomic E-state index is -0.850. The van der Waals surface area contributed by atoms with Gasteiger partial charge in [-0.25, -0.2) is 4.79 Å². The van der Waals surface area contributed by atoms with Crippen LogP contribution in [-0.2, 0) is 12.8 Å². The minimum absolute atomic E-state index is 0.349. The van der Waals surface area contributed by atoms with E-state index in [2.05, 4.69) is 29.2 Å². The van der Waals surface area contributed by atoms with Crippen LogP contribution in [0.15, 0.2) is 36.4 Å². The first-order chi connectivity index (χ1) is 9.74. The zero-order valence-corrected chi connectivity index (χ0v) is 11.2. The van der Waals surface area contributed by atoms with Crippen molar-refractivity contribution in [2.24, 2.45) is 11.8 Å². The van der Waals surface area contributed by atoms with Crippen molar-refractivity contribution in [3.05, 3.63) is 58.9 Å². The average molecular weight is 267 g/mol. The number of aromatic carboxylic acids is 1. The van der Waals surface area contributed by atoms with E-state index in [1.807, 2.05) is 12.1 Å². The third-order valence-corrected chi connectivity index (χ3v) is 4.89. The number of carboxylic acid groups (broad SMARTS) is 1. The molecule has 0 unspecified atom stereocenters. The van der Waals surface area contributed by atoms with E-state index in [0.29, 0.717) is 11.6 Å². The Hall–Kier alpha value is -2.03. The first-order valence-electron chi connectivity index (χ1n) is 7.23. The molecule has 1 aromatic carbocycles. The third kappa shape index (κ3) is 1.77. The van der Waals surface area contributed by atoms with Crippen LogP contribution in [0.25, 0.3) is 0 Å². The number of aryl methyl sites for hydroxylation is 1. The second kappa shape index (κ2) is 4.23. The molecule has 1 aromatic heterocycles. The minimum Gasteiger partial charge on any atom is -0.477 e. The highest BCUT2D eigenvalue weighted by molar-refractivity contribution is 5.86. The molecular weight excluding hydrogens is 250 g/mol. The molecular formula is C17H17NO2. The number of hydrogen-bond donors (Lipinski definition) is 2. The van der Waals surface area contributed by atoms with E-state index in [-0.39, 0.29) is 0 Å². The lowest BCUT2D eigenvalue weighted by atomic mass is 10.0. The lowest BCUT2D eigenvalue weighted by Crippen LogP contribution is -1.96. The van der Waals surface area contributed by atoms with Crippen molar-refractivity contribution >= 4 is 5.97 Å². The van der Waals surface area contributed by atoms with Crippen LogP contribution in [-0.4, -0.2) is 16.1 Å². The molecule has 102 valence electrons. The Kier molecular flexibility index (Phi) is 2.49. The summed E-state index contributed by atoms with van der Waals surface area (Å²) in [6, 6.07) is 12.4. The summed E-state index contributed by atoms with van der Waals surface area (Å²) in [4.78, 5) is 14.1. The van der Waals surface area contributed by atoms with Crippen LogP contribution in [0.4, 0.5) is 0 Å². The van der Waals surface area contributed by atoms with Gasteiger partial charge in [-0.1, -0.05) is 30.3 Å². The Balaban J connectivity index is 1.44. The monoisotopic (exact) mass is 267 g/mol. The molecule has 1 fully saturated rings. The molecule has 0 radical (unpaired) electrons. The molecule has 1 heterocycles. The van der Waals surface area contributed by atoms with E-state index < -0.39 is 5.97 Å². The molecule has 2 aliphatic carbocycles. The molecule has 0 saturated heterocycles. The number of hydrogen-bond acceptors (Lipinski definition) is 1. The fraction of sp³-hybridized carbons (Fsp3) is 0.353. The summed E-state index contributed by atoms with van der Waals surface area (Å²) < 4.78 is 0. The summed E-state index contributed by atoms with van der Waals surface area (Å²) in [5, 5.41) is 9.03. The van der Waals surface area contributed by atoms with E-state index in [0.717, 1.165) is 24.7 Å². The highest BCUT2D eigenvalue weighted by Crippen LogP contribution is 2.62. The fourth-order valence-electron chi connectivity index (χ4n) is 3.87. The standard InChI is InChI=1S/C17H17NO2/c19-17(20)14-9-11-8-13-12(15(13)16(11)18-14)7-6-10-4-2-1-3-5-10/h1-5,9,12-13,15,18H,6-8H2,(H,19,20)/t12-,13+,15-/m1/s1. The van der Waals surface area contributed by atoms with Crippen LogP contribution in [0.1, 0.15) is 39.6 Å². The number of benzene rings is 1. The molecule has 0 bridgehead atoms. The molecule has 0 amide bonds. The number of nitrogens with one attached hydrogen (secondary N) is 1. The van der Waals surface area contributed by atoms with Crippen LogP contribution < -0.4 is 0 Å². The van der Waals surface area contributed by atoms with Crippen molar-refractivity contribution in [3.63, 3.8) is 0 Å². The third-order valence-electron chi connectivity index (χ3n) is 4.89. The van der Waals surface area contributed by atoms with E-state index in [9.17, 15) is 4.79 Å². The van der Waals surface area contributed by atoms with Crippen LogP contribution >= 0.6 is 0 Å². The van der Waals surface area contributed by atoms with Gasteiger partial charge in [-0.2, -0.15) is 0 Å². The van der Waals surface area contributed by atoms with Crippen molar-refractivity contribution in [1.82, 2.24) is 4.98 Å². The molecule has 3 heteroatoms. The van der Waals surface area contributed by atoms with Gasteiger partial charge in [-0.3, -0.25) is 0 Å². The number of aromatic nitrogens is 1. The van der Waals surface area contributed by atoms with E-state index in [1.165, 1.54) is 23.2 Å². The molecule has 2 N–H and O–H groups in total. The summed E-state index contributed by atoms with van der Waals surface area (Å²) >= 11 is 0. The highest BCUT2D eigenvalue weighted by atomic mass is 16.4. The first-order valence-corrected chi connectivity index (χ1v) is 7.23. The van der Waals surface area contributed by atoms with E-state index in [4.69, 9.17) is 5.11 Å². The molecule has 1 saturated carbocycles. The summed E-state index contributed by atoms with van der Waals surface area (Å²) in [6.07, 6.45) is 3.39. The Labute approximate surface area is 117 Å². The summed E-state index contributed by atoms with van der Waals surface area (Å²) in [7, 11) is 0. The predicted octanol–water partition coefficient (Wildman–Crippen LogP) is 3.23. The second-order valence-corrected chi connectivity index (χ2v) is 6.01. The maximum atomic E-state index is 11.0. The maximum Gasteiger partial charge on any atom is 0.352 e. The molecule has 20 heavy (non-hydrogen) atoms. The van der Waals surface area contributed by atoms with Crippen molar-refractivity contribution < 1.29 is 9.90 Å². The Morgan fingerprint density at radius 1 is 1.30 bits per heavy atom. The van der Waals surface area contributed by atoms with Gasteiger partial charge in [0.2, 0.25) is 0 Å². The highest BCUT2D eigenvalue weighted by Gasteiger charge is 2.55. The lowest BCUT2D eigenvalue weighted by Gasteiger charge is -2.04. The van der Waals surface area contributed by atoms with Crippen molar-refractivity contribution in [2.45, 2.75) is 25.2 Å². The zero-order chi connectivity index (χ0) is 13.7. The Morgan fingerprint density at radius 2 is 2.10 bits per heavy atom. The average Bonchev–Trinajstić information content (AvgIpc) is 2.81. The van der Waals surface area contributed by atoms with Gasteiger partial charge >= 0.3 is 5.97 Å². The quantitative estimate of drug-likeness (QED) is 0.893. The number of H-pyrrole nitrogens is 1. The Morgan fingerprint density at radius 3 is 2.85 bits per heavy atom. The fourth-order valence-corrected chi connectivity index (χ4v) is 3.87. The molecule has 0 spiro atoms. The van der Waals surface area contributed by atoms with Crippen LogP contribution in [0.5, 0.6) is 0 Å². The molecule has 3 nitrogen and oxygen atoms in total. The predicted molar refractivity (Wildman–Crippen MR) is 75.9 cm³/mol. The smallest absolute Gasteiger partial charge is 0.352 e. The molecule has 2 aromatic rings. The van der Waals surface area contributed by atoms with Gasteiger partial charge in [0.15, 0.2) is 0 Å². The van der Waals surface area contributed by atoms with Gasteiger partial charge < -0.3 is 10.1 Å². The summed E-state index contributed by atoms with van der Waals surface area (Å²) in [6.45, 7) is 0. The van der Waals surface area contributed by atoms with Gasteiger partial charge in [0.25, 0.3) is 0 Å². The number of rotatable bonds is 4. The molecule has 4 rings (SSSR count). The number of carboxylic acids is 1. The van der Waals surface area contributed by atoms with Crippen LogP contribution in [0.3, 0.4) is 0 Å².